The number of carboxylic acids is 2. The first kappa shape index (κ1) is 21.6. The smallest absolute Gasteiger partial charge is 0.339 e. The van der Waals surface area contributed by atoms with Gasteiger partial charge in [-0.3, -0.25) is 0 Å². The normalized spacial score (nSPS) is 26.2. The molecular formula is C19H16F2O9. The van der Waals surface area contributed by atoms with Crippen LogP contribution in [0.2, 0.25) is 0 Å². The van der Waals surface area contributed by atoms with Gasteiger partial charge in [-0.15, -0.1) is 0 Å². The van der Waals surface area contributed by atoms with E-state index in [1.165, 1.54) is 6.07 Å². The molecule has 0 saturated carbocycles. The molecule has 160 valence electrons. The number of rotatable bonds is 5. The first-order valence-electron chi connectivity index (χ1n) is 8.52. The molecule has 1 heterocycles. The number of halogens is 2. The van der Waals surface area contributed by atoms with Crippen LogP contribution >= 0.6 is 0 Å². The fraction of sp³-hybridized carbons (Fsp3) is 0.263. The number of aliphatic hydroxyl groups excluding tert-OH is 3. The van der Waals surface area contributed by atoms with Crippen molar-refractivity contribution in [3.8, 4) is 16.9 Å². The van der Waals surface area contributed by atoms with Crippen molar-refractivity contribution in [2.24, 2.45) is 0 Å². The predicted molar refractivity (Wildman–Crippen MR) is 93.7 cm³/mol. The molecule has 0 aromatic heterocycles. The van der Waals surface area contributed by atoms with Crippen LogP contribution in [0.4, 0.5) is 8.78 Å². The van der Waals surface area contributed by atoms with E-state index in [-0.39, 0.29) is 16.9 Å². The summed E-state index contributed by atoms with van der Waals surface area (Å²) in [5.74, 6) is -5.26. The summed E-state index contributed by atoms with van der Waals surface area (Å²) in [4.78, 5) is 22.8. The second-order valence-corrected chi connectivity index (χ2v) is 6.49. The Labute approximate surface area is 167 Å². The van der Waals surface area contributed by atoms with Crippen LogP contribution in [0.1, 0.15) is 10.4 Å². The van der Waals surface area contributed by atoms with Crippen LogP contribution in [-0.4, -0.2) is 68.2 Å². The molecule has 0 amide bonds. The van der Waals surface area contributed by atoms with Gasteiger partial charge in [0, 0.05) is 11.6 Å². The van der Waals surface area contributed by atoms with Crippen LogP contribution in [-0.2, 0) is 9.53 Å². The fourth-order valence-electron chi connectivity index (χ4n) is 2.97. The van der Waals surface area contributed by atoms with Crippen molar-refractivity contribution in [2.45, 2.75) is 30.7 Å². The Bertz CT molecular complexity index is 980. The van der Waals surface area contributed by atoms with E-state index in [2.05, 4.69) is 0 Å². The zero-order valence-corrected chi connectivity index (χ0v) is 15.0. The topological polar surface area (TPSA) is 154 Å². The summed E-state index contributed by atoms with van der Waals surface area (Å²) >= 11 is 0. The lowest BCUT2D eigenvalue weighted by Crippen LogP contribution is -2.61. The molecule has 5 atom stereocenters. The second kappa shape index (κ2) is 8.32. The summed E-state index contributed by atoms with van der Waals surface area (Å²) in [5.41, 5.74) is -0.496. The molecule has 0 bridgehead atoms. The zero-order valence-electron chi connectivity index (χ0n) is 15.0. The van der Waals surface area contributed by atoms with Gasteiger partial charge in [-0.2, -0.15) is 0 Å². The van der Waals surface area contributed by atoms with Gasteiger partial charge in [-0.25, -0.2) is 18.4 Å². The molecule has 9 nitrogen and oxygen atoms in total. The Kier molecular flexibility index (Phi) is 5.99. The molecule has 1 saturated heterocycles. The minimum absolute atomic E-state index is 0.0797. The van der Waals surface area contributed by atoms with Crippen molar-refractivity contribution < 1.29 is 53.4 Å². The van der Waals surface area contributed by atoms with Crippen LogP contribution in [0.15, 0.2) is 36.4 Å². The monoisotopic (exact) mass is 426 g/mol. The van der Waals surface area contributed by atoms with Crippen LogP contribution in [0.3, 0.4) is 0 Å². The fourth-order valence-corrected chi connectivity index (χ4v) is 2.97. The van der Waals surface area contributed by atoms with Gasteiger partial charge >= 0.3 is 11.9 Å². The molecule has 30 heavy (non-hydrogen) atoms. The highest BCUT2D eigenvalue weighted by molar-refractivity contribution is 5.92. The highest BCUT2D eigenvalue weighted by atomic mass is 19.1. The maximum absolute atomic E-state index is 14.0. The van der Waals surface area contributed by atoms with Gasteiger partial charge in [0.05, 0.1) is 0 Å². The first-order chi connectivity index (χ1) is 14.1. The maximum Gasteiger partial charge on any atom is 0.339 e. The Morgan fingerprint density at radius 3 is 2.23 bits per heavy atom. The van der Waals surface area contributed by atoms with E-state index < -0.39 is 59.8 Å². The molecule has 1 aliphatic rings. The highest BCUT2D eigenvalue weighted by Crippen LogP contribution is 2.31. The van der Waals surface area contributed by atoms with Crippen molar-refractivity contribution in [3.63, 3.8) is 0 Å². The number of hydrogen-bond acceptors (Lipinski definition) is 7. The van der Waals surface area contributed by atoms with Crippen LogP contribution < -0.4 is 4.74 Å². The highest BCUT2D eigenvalue weighted by Gasteiger charge is 2.48. The van der Waals surface area contributed by atoms with Gasteiger partial charge in [0.25, 0.3) is 0 Å². The summed E-state index contributed by atoms with van der Waals surface area (Å²) < 4.78 is 37.3. The van der Waals surface area contributed by atoms with Crippen LogP contribution in [0, 0.1) is 11.6 Å². The number of carbonyl (C=O) groups is 2. The third-order valence-electron chi connectivity index (χ3n) is 4.51. The number of aliphatic carboxylic acids is 1. The molecule has 3 rings (SSSR count). The van der Waals surface area contributed by atoms with Crippen LogP contribution in [0.25, 0.3) is 11.1 Å². The third kappa shape index (κ3) is 4.09. The molecule has 0 radical (unpaired) electrons. The number of carboxylic acid groups (broad SMARTS) is 2. The molecular weight excluding hydrogens is 410 g/mol. The average molecular weight is 426 g/mol. The van der Waals surface area contributed by atoms with E-state index in [0.29, 0.717) is 6.07 Å². The van der Waals surface area contributed by atoms with Gasteiger partial charge in [0.15, 0.2) is 6.10 Å². The number of ether oxygens (including phenoxy) is 2. The van der Waals surface area contributed by atoms with Gasteiger partial charge < -0.3 is 35.0 Å². The van der Waals surface area contributed by atoms with E-state index in [1.54, 1.807) is 0 Å². The van der Waals surface area contributed by atoms with Gasteiger partial charge in [0.1, 0.15) is 41.3 Å². The molecule has 0 spiro atoms. The number of aromatic carboxylic acids is 1. The number of benzene rings is 2. The number of aliphatic hydroxyl groups is 3. The van der Waals surface area contributed by atoms with Gasteiger partial charge in [0.2, 0.25) is 6.29 Å². The minimum Gasteiger partial charge on any atom is -0.479 e. The standard InChI is InChI=1S/C19H16F2O9/c20-8-2-3-9(11(21)6-8)7-1-4-12(10(5-7)17(25)26)29-19-15(24)13(22)14(23)16(30-19)18(27)28/h1-6,13-16,19,22-24H,(H,25,26)(H,27,28)/t13?,14-,15?,16?,19+/m0/s1. The molecule has 2 aromatic rings. The van der Waals surface area contributed by atoms with E-state index >= 15 is 0 Å². The predicted octanol–water partition coefficient (Wildman–Crippen LogP) is 0.601. The van der Waals surface area contributed by atoms with Crippen LogP contribution in [0.5, 0.6) is 5.75 Å². The lowest BCUT2D eigenvalue weighted by atomic mass is 9.98. The molecule has 2 aromatic carbocycles. The molecule has 3 unspecified atom stereocenters. The maximum atomic E-state index is 14.0. The zero-order chi connectivity index (χ0) is 22.2. The summed E-state index contributed by atoms with van der Waals surface area (Å²) in [6.45, 7) is 0. The third-order valence-corrected chi connectivity index (χ3v) is 4.51. The van der Waals surface area contributed by atoms with Crippen molar-refractivity contribution in [3.05, 3.63) is 53.6 Å². The SMILES string of the molecule is O=C(O)c1cc(-c2ccc(F)cc2F)ccc1O[C@@H]1OC(C(=O)O)[C@@H](O)C(O)C1O. The minimum atomic E-state index is -1.94. The lowest BCUT2D eigenvalue weighted by molar-refractivity contribution is -0.271. The Morgan fingerprint density at radius 1 is 0.933 bits per heavy atom. The second-order valence-electron chi connectivity index (χ2n) is 6.49. The largest absolute Gasteiger partial charge is 0.479 e. The van der Waals surface area contributed by atoms with E-state index in [4.69, 9.17) is 14.6 Å². The molecule has 0 aliphatic carbocycles. The van der Waals surface area contributed by atoms with E-state index in [1.807, 2.05) is 0 Å². The quantitative estimate of drug-likeness (QED) is 0.462. The van der Waals surface area contributed by atoms with Crippen molar-refractivity contribution in [1.82, 2.24) is 0 Å². The summed E-state index contributed by atoms with van der Waals surface area (Å²) in [6, 6.07) is 6.13. The molecule has 5 N–H and O–H groups in total. The summed E-state index contributed by atoms with van der Waals surface area (Å²) in [5, 5.41) is 48.0. The van der Waals surface area contributed by atoms with E-state index in [0.717, 1.165) is 24.3 Å². The van der Waals surface area contributed by atoms with E-state index in [9.17, 15) is 38.8 Å². The molecule has 1 fully saturated rings. The molecule has 1 aliphatic heterocycles. The molecule has 11 heteroatoms. The van der Waals surface area contributed by atoms with Gasteiger partial charge in [-0.05, 0) is 29.8 Å². The Hall–Kier alpha value is -3.12. The van der Waals surface area contributed by atoms with Crippen molar-refractivity contribution in [2.75, 3.05) is 0 Å². The Morgan fingerprint density at radius 2 is 1.63 bits per heavy atom. The summed E-state index contributed by atoms with van der Waals surface area (Å²) in [7, 11) is 0. The average Bonchev–Trinajstić information content (AvgIpc) is 2.68. The summed E-state index contributed by atoms with van der Waals surface area (Å²) in [6.07, 6.45) is -9.54. The lowest BCUT2D eigenvalue weighted by Gasteiger charge is -2.38. The first-order valence-corrected chi connectivity index (χ1v) is 8.52. The Balaban J connectivity index is 1.94. The number of hydrogen-bond donors (Lipinski definition) is 5. The van der Waals surface area contributed by atoms with Crippen molar-refractivity contribution >= 4 is 11.9 Å². The van der Waals surface area contributed by atoms with Gasteiger partial charge in [-0.1, -0.05) is 6.07 Å². The van der Waals surface area contributed by atoms with Crippen molar-refractivity contribution in [1.29, 1.82) is 0 Å².